The second-order valence-electron chi connectivity index (χ2n) is 13.7. The third-order valence-corrected chi connectivity index (χ3v) is 10.2. The van der Waals surface area contributed by atoms with Crippen molar-refractivity contribution < 1.29 is 14.2 Å². The number of fused-ring (bicyclic) bond motifs is 6. The lowest BCUT2D eigenvalue weighted by Crippen LogP contribution is -2.13. The highest BCUT2D eigenvalue weighted by Gasteiger charge is 2.32. The summed E-state index contributed by atoms with van der Waals surface area (Å²) in [5.41, 5.74) is 10.1. The van der Waals surface area contributed by atoms with E-state index in [-0.39, 0.29) is 5.92 Å². The molecule has 0 aromatic heterocycles. The fraction of sp³-hybridized carbons (Fsp3) is 0.0769. The van der Waals surface area contributed by atoms with Gasteiger partial charge in [0.25, 0.3) is 0 Å². The topological polar surface area (TPSA) is 27.7 Å². The van der Waals surface area contributed by atoms with Gasteiger partial charge in [-0.3, -0.25) is 0 Å². The summed E-state index contributed by atoms with van der Waals surface area (Å²) in [5.74, 6) is 3.25. The fourth-order valence-electron chi connectivity index (χ4n) is 7.43. The number of hydrogen-bond acceptors (Lipinski definition) is 3. The van der Waals surface area contributed by atoms with E-state index in [1.54, 1.807) is 0 Å². The van der Waals surface area contributed by atoms with Crippen molar-refractivity contribution in [3.63, 3.8) is 0 Å². The minimum Gasteiger partial charge on any atom is -0.489 e. The van der Waals surface area contributed by atoms with Crippen LogP contribution in [0.2, 0.25) is 0 Å². The number of benzene rings is 7. The van der Waals surface area contributed by atoms with Gasteiger partial charge in [-0.1, -0.05) is 153 Å². The molecule has 3 heteroatoms. The van der Waals surface area contributed by atoms with E-state index >= 15 is 0 Å². The molecule has 0 fully saturated rings. The molecular weight excluding hydrogens is 673 g/mol. The Morgan fingerprint density at radius 3 is 1.56 bits per heavy atom. The first kappa shape index (κ1) is 35.2. The van der Waals surface area contributed by atoms with Crippen LogP contribution in [0.5, 0.6) is 23.0 Å². The quantitative estimate of drug-likeness (QED) is 0.118. The third kappa shape index (κ3) is 7.25. The van der Waals surface area contributed by atoms with Gasteiger partial charge in [0.2, 0.25) is 0 Å². The number of allylic oxidation sites excluding steroid dienone is 5. The molecule has 268 valence electrons. The van der Waals surface area contributed by atoms with Crippen LogP contribution in [0.15, 0.2) is 178 Å². The average molecular weight is 715 g/mol. The Morgan fingerprint density at radius 1 is 0.600 bits per heavy atom. The van der Waals surface area contributed by atoms with E-state index < -0.39 is 0 Å². The first-order valence-corrected chi connectivity index (χ1v) is 18.6. The van der Waals surface area contributed by atoms with Gasteiger partial charge in [0, 0.05) is 17.0 Å². The van der Waals surface area contributed by atoms with Crippen LogP contribution < -0.4 is 14.2 Å². The van der Waals surface area contributed by atoms with Gasteiger partial charge >= 0.3 is 0 Å². The normalized spacial score (nSPS) is 12.6. The lowest BCUT2D eigenvalue weighted by atomic mass is 9.78. The Labute approximate surface area is 323 Å². The SMILES string of the molecule is C=C/C=C(\C=C/C)c1ccc(C2c3c(ccc4cc(OCc5ccc(C=C)cc5)ccc34)Oc3ccc4cc(OCc5ccc(C=C)cc5)ccc4c32)cc1. The van der Waals surface area contributed by atoms with Crippen molar-refractivity contribution in [2.45, 2.75) is 26.1 Å². The van der Waals surface area contributed by atoms with E-state index in [9.17, 15) is 0 Å². The lowest BCUT2D eigenvalue weighted by molar-refractivity contribution is 0.306. The highest BCUT2D eigenvalue weighted by molar-refractivity contribution is 5.96. The predicted molar refractivity (Wildman–Crippen MR) is 230 cm³/mol. The molecule has 0 N–H and O–H groups in total. The summed E-state index contributed by atoms with van der Waals surface area (Å²) < 4.78 is 19.4. The molecule has 3 nitrogen and oxygen atoms in total. The molecule has 0 saturated heterocycles. The maximum Gasteiger partial charge on any atom is 0.132 e. The number of hydrogen-bond donors (Lipinski definition) is 0. The molecule has 1 aliphatic rings. The van der Waals surface area contributed by atoms with E-state index in [1.165, 1.54) is 5.56 Å². The van der Waals surface area contributed by atoms with Crippen LogP contribution in [-0.4, -0.2) is 0 Å². The molecule has 7 aromatic rings. The highest BCUT2D eigenvalue weighted by Crippen LogP contribution is 2.52. The molecule has 8 rings (SSSR count). The van der Waals surface area contributed by atoms with Gasteiger partial charge in [0.1, 0.15) is 36.2 Å². The van der Waals surface area contributed by atoms with Crippen molar-refractivity contribution in [2.75, 3.05) is 0 Å². The molecule has 55 heavy (non-hydrogen) atoms. The van der Waals surface area contributed by atoms with Gasteiger partial charge in [-0.05, 0) is 104 Å². The van der Waals surface area contributed by atoms with Gasteiger partial charge in [0.15, 0.2) is 0 Å². The molecule has 0 radical (unpaired) electrons. The first-order chi connectivity index (χ1) is 27.0. The first-order valence-electron chi connectivity index (χ1n) is 18.6. The van der Waals surface area contributed by atoms with Gasteiger partial charge in [-0.2, -0.15) is 0 Å². The molecule has 0 spiro atoms. The summed E-state index contributed by atoms with van der Waals surface area (Å²) in [6.07, 6.45) is 11.7. The predicted octanol–water partition coefficient (Wildman–Crippen LogP) is 13.9. The second-order valence-corrected chi connectivity index (χ2v) is 13.7. The van der Waals surface area contributed by atoms with Crippen LogP contribution in [0.3, 0.4) is 0 Å². The summed E-state index contributed by atoms with van der Waals surface area (Å²) in [4.78, 5) is 0. The second kappa shape index (κ2) is 15.6. The summed E-state index contributed by atoms with van der Waals surface area (Å²) in [6, 6.07) is 46.7. The summed E-state index contributed by atoms with van der Waals surface area (Å²) >= 11 is 0. The summed E-state index contributed by atoms with van der Waals surface area (Å²) in [5, 5.41) is 4.43. The van der Waals surface area contributed by atoms with Gasteiger partial charge in [0.05, 0.1) is 0 Å². The van der Waals surface area contributed by atoms with Crippen molar-refractivity contribution in [3.8, 4) is 23.0 Å². The van der Waals surface area contributed by atoms with Crippen molar-refractivity contribution in [1.29, 1.82) is 0 Å². The average Bonchev–Trinajstić information content (AvgIpc) is 3.24. The van der Waals surface area contributed by atoms with E-state index in [0.29, 0.717) is 13.2 Å². The number of rotatable bonds is 12. The molecule has 0 aliphatic carbocycles. The Morgan fingerprint density at radius 2 is 1.11 bits per heavy atom. The van der Waals surface area contributed by atoms with Crippen molar-refractivity contribution in [1.82, 2.24) is 0 Å². The van der Waals surface area contributed by atoms with Crippen molar-refractivity contribution in [3.05, 3.63) is 222 Å². The van der Waals surface area contributed by atoms with Crippen molar-refractivity contribution >= 4 is 39.3 Å². The summed E-state index contributed by atoms with van der Waals surface area (Å²) in [7, 11) is 0. The Kier molecular flexibility index (Phi) is 10.0. The Balaban J connectivity index is 1.20. The van der Waals surface area contributed by atoms with Gasteiger partial charge in [-0.15, -0.1) is 0 Å². The fourth-order valence-corrected chi connectivity index (χ4v) is 7.43. The molecule has 0 bridgehead atoms. The van der Waals surface area contributed by atoms with E-state index in [1.807, 2.05) is 31.2 Å². The zero-order valence-corrected chi connectivity index (χ0v) is 31.0. The van der Waals surface area contributed by atoms with E-state index in [0.717, 1.165) is 89.1 Å². The molecule has 1 aliphatic heterocycles. The highest BCUT2D eigenvalue weighted by atomic mass is 16.5. The lowest BCUT2D eigenvalue weighted by Gasteiger charge is -2.31. The van der Waals surface area contributed by atoms with Crippen LogP contribution >= 0.6 is 0 Å². The zero-order valence-electron chi connectivity index (χ0n) is 31.0. The zero-order chi connectivity index (χ0) is 37.7. The molecule has 0 unspecified atom stereocenters. The monoisotopic (exact) mass is 714 g/mol. The van der Waals surface area contributed by atoms with E-state index in [2.05, 4.69) is 165 Å². The van der Waals surface area contributed by atoms with Crippen LogP contribution in [-0.2, 0) is 13.2 Å². The minimum absolute atomic E-state index is 0.0981. The van der Waals surface area contributed by atoms with Crippen LogP contribution in [0.1, 0.15) is 57.3 Å². The summed E-state index contributed by atoms with van der Waals surface area (Å²) in [6.45, 7) is 14.6. The maximum absolute atomic E-state index is 6.77. The Bertz CT molecular complexity index is 2460. The molecular formula is C52H42O3. The van der Waals surface area contributed by atoms with Gasteiger partial charge < -0.3 is 14.2 Å². The van der Waals surface area contributed by atoms with Crippen LogP contribution in [0.25, 0.3) is 39.3 Å². The molecule has 1 heterocycles. The van der Waals surface area contributed by atoms with Crippen molar-refractivity contribution in [2.24, 2.45) is 0 Å². The molecule has 7 aromatic carbocycles. The molecule has 0 amide bonds. The molecule has 0 atom stereocenters. The minimum atomic E-state index is -0.0981. The maximum atomic E-state index is 6.77. The van der Waals surface area contributed by atoms with Crippen LogP contribution in [0.4, 0.5) is 0 Å². The number of ether oxygens (including phenoxy) is 3. The largest absolute Gasteiger partial charge is 0.489 e. The third-order valence-electron chi connectivity index (χ3n) is 10.2. The smallest absolute Gasteiger partial charge is 0.132 e. The Hall–Kier alpha value is -6.84. The van der Waals surface area contributed by atoms with Crippen LogP contribution in [0, 0.1) is 0 Å². The standard InChI is InChI=1S/C52H42O3/c1-5-9-39(10-6-2)40-19-21-41(22-20-40)50-51-46-27-25-44(53-33-37-15-11-35(7-3)12-16-37)31-42(46)23-29-48(51)55-49-30-24-43-32-45(26-28-47(43)52(49)50)54-34-38-17-13-36(8-4)14-18-38/h5-32,50H,1,3-4,33-34H2,2H3/b10-6-,39-9+. The van der Waals surface area contributed by atoms with E-state index in [4.69, 9.17) is 14.2 Å². The van der Waals surface area contributed by atoms with Gasteiger partial charge in [-0.25, -0.2) is 0 Å². The molecule has 0 saturated carbocycles.